The monoisotopic (exact) mass is 267 g/mol. The van der Waals surface area contributed by atoms with Crippen molar-refractivity contribution in [2.45, 2.75) is 13.8 Å². The number of nitrogen functional groups attached to an aromatic ring is 1. The van der Waals surface area contributed by atoms with Crippen LogP contribution in [0.1, 0.15) is 25.0 Å². The van der Waals surface area contributed by atoms with Crippen molar-refractivity contribution < 1.29 is 0 Å². The van der Waals surface area contributed by atoms with E-state index in [4.69, 9.17) is 5.73 Å². The Kier molecular flexibility index (Phi) is 4.77. The Bertz CT molecular complexity index is 569. The normalized spacial score (nSPS) is 10.9. The molecule has 0 unspecified atom stereocenters. The van der Waals surface area contributed by atoms with Crippen molar-refractivity contribution in [1.29, 1.82) is 0 Å². The first-order valence-corrected chi connectivity index (χ1v) is 6.97. The van der Waals surface area contributed by atoms with Crippen LogP contribution in [0.3, 0.4) is 0 Å². The second kappa shape index (κ2) is 6.75. The topological polar surface area (TPSA) is 42.2 Å². The summed E-state index contributed by atoms with van der Waals surface area (Å²) in [6.45, 7) is 6.39. The Morgan fingerprint density at radius 1 is 1.05 bits per heavy atom. The molecule has 3 heteroatoms. The Labute approximate surface area is 120 Å². The van der Waals surface area contributed by atoms with Gasteiger partial charge in [0.05, 0.1) is 11.9 Å². The predicted octanol–water partition coefficient (Wildman–Crippen LogP) is 3.68. The van der Waals surface area contributed by atoms with E-state index in [0.29, 0.717) is 5.69 Å². The first-order valence-electron chi connectivity index (χ1n) is 6.97. The van der Waals surface area contributed by atoms with Crippen molar-refractivity contribution in [2.24, 2.45) is 0 Å². The first-order chi connectivity index (χ1) is 9.74. The molecule has 0 aliphatic rings. The summed E-state index contributed by atoms with van der Waals surface area (Å²) >= 11 is 0. The molecule has 1 aromatic carbocycles. The van der Waals surface area contributed by atoms with Gasteiger partial charge < -0.3 is 10.6 Å². The number of nitrogens with two attached hydrogens (primary N) is 1. The fraction of sp³-hybridized carbons (Fsp3) is 0.235. The molecule has 2 aromatic rings. The van der Waals surface area contributed by atoms with Gasteiger partial charge in [0.25, 0.3) is 0 Å². The lowest BCUT2D eigenvalue weighted by atomic mass is 10.1. The minimum Gasteiger partial charge on any atom is -0.397 e. The van der Waals surface area contributed by atoms with Crippen LogP contribution in [-0.2, 0) is 0 Å². The second-order valence-corrected chi connectivity index (χ2v) is 4.60. The van der Waals surface area contributed by atoms with Gasteiger partial charge in [-0.2, -0.15) is 0 Å². The maximum absolute atomic E-state index is 5.86. The zero-order valence-electron chi connectivity index (χ0n) is 12.1. The van der Waals surface area contributed by atoms with E-state index in [1.807, 2.05) is 12.1 Å². The van der Waals surface area contributed by atoms with Gasteiger partial charge in [0, 0.05) is 30.5 Å². The maximum Gasteiger partial charge on any atom is 0.0574 e. The lowest BCUT2D eigenvalue weighted by Crippen LogP contribution is -2.21. The SMILES string of the molecule is CCN(CC)c1ccc(/C=C/c2ccncc2N)cc1. The van der Waals surface area contributed by atoms with Gasteiger partial charge >= 0.3 is 0 Å². The molecule has 104 valence electrons. The van der Waals surface area contributed by atoms with Crippen LogP contribution in [0.4, 0.5) is 11.4 Å². The predicted molar refractivity (Wildman–Crippen MR) is 87.6 cm³/mol. The van der Waals surface area contributed by atoms with Crippen molar-refractivity contribution in [2.75, 3.05) is 23.7 Å². The zero-order valence-corrected chi connectivity index (χ0v) is 12.1. The van der Waals surface area contributed by atoms with Gasteiger partial charge in [-0.05, 0) is 37.6 Å². The Balaban J connectivity index is 2.13. The average Bonchev–Trinajstić information content (AvgIpc) is 2.49. The first kappa shape index (κ1) is 14.1. The highest BCUT2D eigenvalue weighted by Gasteiger charge is 2.00. The number of aromatic nitrogens is 1. The molecule has 0 atom stereocenters. The van der Waals surface area contributed by atoms with Gasteiger partial charge in [-0.15, -0.1) is 0 Å². The third-order valence-corrected chi connectivity index (χ3v) is 3.36. The van der Waals surface area contributed by atoms with Gasteiger partial charge in [-0.25, -0.2) is 0 Å². The second-order valence-electron chi connectivity index (χ2n) is 4.60. The smallest absolute Gasteiger partial charge is 0.0574 e. The molecule has 0 saturated heterocycles. The van der Waals surface area contributed by atoms with E-state index >= 15 is 0 Å². The van der Waals surface area contributed by atoms with E-state index in [9.17, 15) is 0 Å². The molecule has 3 nitrogen and oxygen atoms in total. The van der Waals surface area contributed by atoms with Crippen molar-refractivity contribution >= 4 is 23.5 Å². The van der Waals surface area contributed by atoms with Gasteiger partial charge in [0.1, 0.15) is 0 Å². The minimum atomic E-state index is 0.698. The quantitative estimate of drug-likeness (QED) is 0.898. The molecule has 20 heavy (non-hydrogen) atoms. The highest BCUT2D eigenvalue weighted by molar-refractivity contribution is 5.75. The number of hydrogen-bond donors (Lipinski definition) is 1. The van der Waals surface area contributed by atoms with Crippen LogP contribution in [-0.4, -0.2) is 18.1 Å². The van der Waals surface area contributed by atoms with Crippen LogP contribution >= 0.6 is 0 Å². The number of anilines is 2. The molecule has 0 spiro atoms. The van der Waals surface area contributed by atoms with E-state index in [1.165, 1.54) is 5.69 Å². The van der Waals surface area contributed by atoms with Gasteiger partial charge in [-0.1, -0.05) is 24.3 Å². The molecule has 0 radical (unpaired) electrons. The zero-order chi connectivity index (χ0) is 14.4. The molecular weight excluding hydrogens is 246 g/mol. The van der Waals surface area contributed by atoms with Crippen molar-refractivity contribution in [3.63, 3.8) is 0 Å². The van der Waals surface area contributed by atoms with Crippen LogP contribution in [0.25, 0.3) is 12.2 Å². The number of nitrogens with zero attached hydrogens (tertiary/aromatic N) is 2. The Hall–Kier alpha value is -2.29. The van der Waals surface area contributed by atoms with E-state index in [1.54, 1.807) is 12.4 Å². The van der Waals surface area contributed by atoms with E-state index in [2.05, 4.69) is 54.1 Å². The van der Waals surface area contributed by atoms with E-state index < -0.39 is 0 Å². The molecule has 2 rings (SSSR count). The molecule has 1 aromatic heterocycles. The van der Waals surface area contributed by atoms with Crippen LogP contribution < -0.4 is 10.6 Å². The van der Waals surface area contributed by atoms with Gasteiger partial charge in [0.2, 0.25) is 0 Å². The summed E-state index contributed by atoms with van der Waals surface area (Å²) in [6.07, 6.45) is 7.50. The van der Waals surface area contributed by atoms with E-state index in [-0.39, 0.29) is 0 Å². The van der Waals surface area contributed by atoms with E-state index in [0.717, 1.165) is 24.2 Å². The maximum atomic E-state index is 5.86. The van der Waals surface area contributed by atoms with Crippen molar-refractivity contribution in [3.8, 4) is 0 Å². The van der Waals surface area contributed by atoms with Crippen LogP contribution in [0.5, 0.6) is 0 Å². The van der Waals surface area contributed by atoms with Crippen molar-refractivity contribution in [1.82, 2.24) is 4.98 Å². The summed E-state index contributed by atoms with van der Waals surface area (Å²) in [6, 6.07) is 10.5. The summed E-state index contributed by atoms with van der Waals surface area (Å²) in [5, 5.41) is 0. The molecule has 0 aliphatic carbocycles. The Morgan fingerprint density at radius 3 is 2.35 bits per heavy atom. The van der Waals surface area contributed by atoms with Crippen molar-refractivity contribution in [3.05, 3.63) is 53.9 Å². The van der Waals surface area contributed by atoms with Gasteiger partial charge in [-0.3, -0.25) is 4.98 Å². The summed E-state index contributed by atoms with van der Waals surface area (Å²) in [5.74, 6) is 0. The lowest BCUT2D eigenvalue weighted by molar-refractivity contribution is 0.866. The van der Waals surface area contributed by atoms with Crippen LogP contribution in [0, 0.1) is 0 Å². The minimum absolute atomic E-state index is 0.698. The molecule has 1 heterocycles. The molecule has 0 amide bonds. The van der Waals surface area contributed by atoms with Crippen LogP contribution in [0.2, 0.25) is 0 Å². The fourth-order valence-electron chi connectivity index (χ4n) is 2.14. The van der Waals surface area contributed by atoms with Gasteiger partial charge in [0.15, 0.2) is 0 Å². The molecule has 2 N–H and O–H groups in total. The lowest BCUT2D eigenvalue weighted by Gasteiger charge is -2.20. The summed E-state index contributed by atoms with van der Waals surface area (Å²) in [4.78, 5) is 6.31. The number of benzene rings is 1. The molecule has 0 aliphatic heterocycles. The Morgan fingerprint density at radius 2 is 1.75 bits per heavy atom. The van der Waals surface area contributed by atoms with Crippen LogP contribution in [0.15, 0.2) is 42.7 Å². The largest absolute Gasteiger partial charge is 0.397 e. The highest BCUT2D eigenvalue weighted by atomic mass is 15.1. The standard InChI is InChI=1S/C17H21N3/c1-3-20(4-2)16-9-6-14(7-10-16)5-8-15-11-12-19-13-17(15)18/h5-13H,3-4,18H2,1-2H3/b8-5+. The molecular formula is C17H21N3. The summed E-state index contributed by atoms with van der Waals surface area (Å²) in [7, 11) is 0. The molecule has 0 saturated carbocycles. The summed E-state index contributed by atoms with van der Waals surface area (Å²) in [5.41, 5.74) is 9.98. The average molecular weight is 267 g/mol. The third kappa shape index (κ3) is 3.38. The number of hydrogen-bond acceptors (Lipinski definition) is 3. The fourth-order valence-corrected chi connectivity index (χ4v) is 2.14. The molecule has 0 bridgehead atoms. The molecule has 0 fully saturated rings. The summed E-state index contributed by atoms with van der Waals surface area (Å²) < 4.78 is 0. The third-order valence-electron chi connectivity index (χ3n) is 3.36. The number of pyridine rings is 1. The number of rotatable bonds is 5. The highest BCUT2D eigenvalue weighted by Crippen LogP contribution is 2.17.